The van der Waals surface area contributed by atoms with Gasteiger partial charge in [-0.1, -0.05) is 53.8 Å². The summed E-state index contributed by atoms with van der Waals surface area (Å²) in [6.45, 7) is 1.33. The first-order valence-corrected chi connectivity index (χ1v) is 13.3. The number of thiazole rings is 1. The standard InChI is InChI=1S/C30H29FN2O3S/c1-36-23-15-11-20(12-16-23)17-18-33(30-32-27-8-4-7-26(31)28(27)37-30)19-21-9-13-22(14-10-21)24-5-2-3-6-25(24)29(34)35/h4,7-16H,2-3,5-6,17-19H2,1H3,(H,34,35). The molecular formula is C30H29FN2O3S. The fraction of sp³-hybridized carbons (Fsp3) is 0.267. The van der Waals surface area contributed by atoms with Gasteiger partial charge < -0.3 is 14.7 Å². The van der Waals surface area contributed by atoms with Crippen LogP contribution in [0.3, 0.4) is 0 Å². The van der Waals surface area contributed by atoms with Gasteiger partial charge >= 0.3 is 5.97 Å². The number of aliphatic carboxylic acids is 1. The van der Waals surface area contributed by atoms with E-state index in [1.807, 2.05) is 30.3 Å². The molecule has 0 radical (unpaired) electrons. The van der Waals surface area contributed by atoms with Crippen molar-refractivity contribution in [2.45, 2.75) is 38.6 Å². The van der Waals surface area contributed by atoms with Crippen LogP contribution in [0.1, 0.15) is 42.4 Å². The van der Waals surface area contributed by atoms with E-state index in [-0.39, 0.29) is 5.82 Å². The number of allylic oxidation sites excluding steroid dienone is 1. The van der Waals surface area contributed by atoms with Crippen molar-refractivity contribution in [2.75, 3.05) is 18.6 Å². The molecule has 0 unspecified atom stereocenters. The molecule has 1 aliphatic carbocycles. The number of halogens is 1. The summed E-state index contributed by atoms with van der Waals surface area (Å²) >= 11 is 1.37. The molecule has 1 aromatic heterocycles. The van der Waals surface area contributed by atoms with Gasteiger partial charge in [-0.15, -0.1) is 0 Å². The van der Waals surface area contributed by atoms with E-state index in [0.29, 0.717) is 35.3 Å². The largest absolute Gasteiger partial charge is 0.497 e. The third-order valence-corrected chi connectivity index (χ3v) is 8.00. The van der Waals surface area contributed by atoms with Gasteiger partial charge in [0.2, 0.25) is 0 Å². The van der Waals surface area contributed by atoms with Crippen LogP contribution >= 0.6 is 11.3 Å². The SMILES string of the molecule is COc1ccc(CCN(Cc2ccc(C3=C(C(=O)O)CCCC3)cc2)c2nc3cccc(F)c3s2)cc1. The molecular weight excluding hydrogens is 487 g/mol. The van der Waals surface area contributed by atoms with Crippen molar-refractivity contribution in [3.8, 4) is 5.75 Å². The Morgan fingerprint density at radius 2 is 1.76 bits per heavy atom. The summed E-state index contributed by atoms with van der Waals surface area (Å²) in [5.41, 5.74) is 5.40. The number of nitrogens with zero attached hydrogens (tertiary/aromatic N) is 2. The summed E-state index contributed by atoms with van der Waals surface area (Å²) in [7, 11) is 1.65. The van der Waals surface area contributed by atoms with Crippen LogP contribution < -0.4 is 9.64 Å². The van der Waals surface area contributed by atoms with E-state index in [9.17, 15) is 14.3 Å². The number of methoxy groups -OCH3 is 1. The minimum atomic E-state index is -0.813. The Morgan fingerprint density at radius 1 is 1.03 bits per heavy atom. The first-order chi connectivity index (χ1) is 18.0. The van der Waals surface area contributed by atoms with Crippen molar-refractivity contribution in [1.29, 1.82) is 0 Å². The highest BCUT2D eigenvalue weighted by molar-refractivity contribution is 7.22. The maximum absolute atomic E-state index is 14.4. The van der Waals surface area contributed by atoms with Gasteiger partial charge in [-0.2, -0.15) is 0 Å². The molecule has 0 fully saturated rings. The number of hydrogen-bond acceptors (Lipinski definition) is 5. The van der Waals surface area contributed by atoms with Crippen LogP contribution in [0.25, 0.3) is 15.8 Å². The molecule has 0 saturated carbocycles. The van der Waals surface area contributed by atoms with Gasteiger partial charge in [0.15, 0.2) is 5.13 Å². The fourth-order valence-corrected chi connectivity index (χ4v) is 5.82. The Kier molecular flexibility index (Phi) is 7.51. The predicted octanol–water partition coefficient (Wildman–Crippen LogP) is 7.11. The molecule has 0 saturated heterocycles. The van der Waals surface area contributed by atoms with Crippen LogP contribution in [0.15, 0.2) is 72.3 Å². The van der Waals surface area contributed by atoms with Crippen LogP contribution in [-0.2, 0) is 17.8 Å². The zero-order valence-corrected chi connectivity index (χ0v) is 21.6. The lowest BCUT2D eigenvalue weighted by atomic mass is 9.87. The van der Waals surface area contributed by atoms with Gasteiger partial charge in [0.25, 0.3) is 0 Å². The number of carbonyl (C=O) groups is 1. The Bertz CT molecular complexity index is 1430. The summed E-state index contributed by atoms with van der Waals surface area (Å²) in [6.07, 6.45) is 4.16. The van der Waals surface area contributed by atoms with Gasteiger partial charge in [0, 0.05) is 18.7 Å². The van der Waals surface area contributed by atoms with Crippen molar-refractivity contribution >= 4 is 38.2 Å². The molecule has 7 heteroatoms. The second-order valence-corrected chi connectivity index (χ2v) is 10.2. The normalized spacial score (nSPS) is 13.7. The number of anilines is 1. The molecule has 5 rings (SSSR count). The zero-order chi connectivity index (χ0) is 25.8. The Hall–Kier alpha value is -3.71. The van der Waals surface area contributed by atoms with Crippen molar-refractivity contribution in [3.63, 3.8) is 0 Å². The molecule has 5 nitrogen and oxygen atoms in total. The summed E-state index contributed by atoms with van der Waals surface area (Å²) in [6, 6.07) is 21.2. The molecule has 0 bridgehead atoms. The molecule has 1 aliphatic rings. The number of fused-ring (bicyclic) bond motifs is 1. The second kappa shape index (κ2) is 11.1. The van der Waals surface area contributed by atoms with Gasteiger partial charge in [0.05, 0.1) is 17.3 Å². The second-order valence-electron chi connectivity index (χ2n) is 9.27. The van der Waals surface area contributed by atoms with E-state index in [1.54, 1.807) is 13.2 Å². The molecule has 190 valence electrons. The fourth-order valence-electron chi connectivity index (χ4n) is 4.83. The third kappa shape index (κ3) is 5.67. The number of hydrogen-bond donors (Lipinski definition) is 1. The van der Waals surface area contributed by atoms with E-state index in [4.69, 9.17) is 9.72 Å². The predicted molar refractivity (Wildman–Crippen MR) is 147 cm³/mol. The molecule has 37 heavy (non-hydrogen) atoms. The number of carboxylic acid groups (broad SMARTS) is 1. The van der Waals surface area contributed by atoms with Crippen LogP contribution in [0, 0.1) is 5.82 Å². The van der Waals surface area contributed by atoms with Gasteiger partial charge in [0.1, 0.15) is 11.6 Å². The van der Waals surface area contributed by atoms with Gasteiger partial charge in [-0.05, 0) is 78.6 Å². The summed E-state index contributed by atoms with van der Waals surface area (Å²) in [4.78, 5) is 18.7. The molecule has 0 atom stereocenters. The minimum Gasteiger partial charge on any atom is -0.497 e. The number of aromatic nitrogens is 1. The van der Waals surface area contributed by atoms with Crippen LogP contribution in [0.4, 0.5) is 9.52 Å². The monoisotopic (exact) mass is 516 g/mol. The average molecular weight is 517 g/mol. The lowest BCUT2D eigenvalue weighted by Gasteiger charge is -2.23. The van der Waals surface area contributed by atoms with Crippen molar-refractivity contribution in [3.05, 3.63) is 94.8 Å². The quantitative estimate of drug-likeness (QED) is 0.257. The maximum Gasteiger partial charge on any atom is 0.331 e. The highest BCUT2D eigenvalue weighted by atomic mass is 32.1. The molecule has 0 amide bonds. The number of benzene rings is 3. The molecule has 3 aromatic carbocycles. The summed E-state index contributed by atoms with van der Waals surface area (Å²) < 4.78 is 20.2. The first-order valence-electron chi connectivity index (χ1n) is 12.5. The molecule has 1 N–H and O–H groups in total. The van der Waals surface area contributed by atoms with Crippen LogP contribution in [0.5, 0.6) is 5.75 Å². The Morgan fingerprint density at radius 3 is 2.46 bits per heavy atom. The lowest BCUT2D eigenvalue weighted by Crippen LogP contribution is -2.25. The number of carboxylic acids is 1. The van der Waals surface area contributed by atoms with Crippen molar-refractivity contribution in [1.82, 2.24) is 4.98 Å². The molecule has 0 aliphatic heterocycles. The smallest absolute Gasteiger partial charge is 0.331 e. The van der Waals surface area contributed by atoms with E-state index in [0.717, 1.165) is 53.3 Å². The highest BCUT2D eigenvalue weighted by Gasteiger charge is 2.20. The minimum absolute atomic E-state index is 0.254. The number of rotatable bonds is 9. The molecule has 1 heterocycles. The Balaban J connectivity index is 1.40. The maximum atomic E-state index is 14.4. The number of ether oxygens (including phenoxy) is 1. The average Bonchev–Trinajstić information content (AvgIpc) is 3.37. The Labute approximate surface area is 219 Å². The summed E-state index contributed by atoms with van der Waals surface area (Å²) in [5.74, 6) is -0.247. The van der Waals surface area contributed by atoms with E-state index < -0.39 is 5.97 Å². The zero-order valence-electron chi connectivity index (χ0n) is 20.7. The van der Waals surface area contributed by atoms with Crippen molar-refractivity contribution in [2.24, 2.45) is 0 Å². The van der Waals surface area contributed by atoms with Gasteiger partial charge in [-0.25, -0.2) is 14.2 Å². The van der Waals surface area contributed by atoms with Crippen LogP contribution in [-0.4, -0.2) is 29.7 Å². The third-order valence-electron chi connectivity index (χ3n) is 6.86. The first kappa shape index (κ1) is 25.0. The summed E-state index contributed by atoms with van der Waals surface area (Å²) in [5, 5.41) is 10.4. The highest BCUT2D eigenvalue weighted by Crippen LogP contribution is 2.34. The van der Waals surface area contributed by atoms with E-state index >= 15 is 0 Å². The van der Waals surface area contributed by atoms with E-state index in [2.05, 4.69) is 29.2 Å². The van der Waals surface area contributed by atoms with E-state index in [1.165, 1.54) is 23.0 Å². The van der Waals surface area contributed by atoms with Gasteiger partial charge in [-0.3, -0.25) is 0 Å². The molecule has 0 spiro atoms. The topological polar surface area (TPSA) is 62.7 Å². The lowest BCUT2D eigenvalue weighted by molar-refractivity contribution is -0.132. The van der Waals surface area contributed by atoms with Crippen LogP contribution in [0.2, 0.25) is 0 Å². The van der Waals surface area contributed by atoms with Crippen molar-refractivity contribution < 1.29 is 19.0 Å². The molecule has 4 aromatic rings.